The fourth-order valence-electron chi connectivity index (χ4n) is 6.27. The Hall–Kier alpha value is -4.75. The molecule has 0 spiro atoms. The summed E-state index contributed by atoms with van der Waals surface area (Å²) in [5.41, 5.74) is 2.65. The van der Waals surface area contributed by atoms with E-state index in [0.717, 1.165) is 32.3 Å². The predicted octanol–water partition coefficient (Wildman–Crippen LogP) is 5.00. The molecule has 2 fully saturated rings. The van der Waals surface area contributed by atoms with Crippen molar-refractivity contribution in [1.29, 1.82) is 0 Å². The van der Waals surface area contributed by atoms with Crippen molar-refractivity contribution < 1.29 is 28.6 Å². The van der Waals surface area contributed by atoms with Gasteiger partial charge in [-0.3, -0.25) is 24.6 Å². The van der Waals surface area contributed by atoms with Crippen LogP contribution < -0.4 is 24.8 Å². The molecule has 0 radical (unpaired) electrons. The predicted molar refractivity (Wildman–Crippen MR) is 193 cm³/mol. The number of rotatable bonds is 12. The first-order chi connectivity index (χ1) is 24.2. The zero-order valence-corrected chi connectivity index (χ0v) is 30.0. The van der Waals surface area contributed by atoms with Crippen LogP contribution in [0, 0.1) is 6.92 Å². The van der Waals surface area contributed by atoms with Gasteiger partial charge in [-0.2, -0.15) is 0 Å². The molecule has 0 saturated carbocycles. The number of ether oxygens (including phenoxy) is 3. The van der Waals surface area contributed by atoms with Crippen LogP contribution in [0.1, 0.15) is 48.7 Å². The van der Waals surface area contributed by atoms with Gasteiger partial charge in [0.2, 0.25) is 11.8 Å². The van der Waals surface area contributed by atoms with E-state index in [1.54, 1.807) is 30.2 Å². The molecular formula is C37H41BrN6O6. The van der Waals surface area contributed by atoms with Crippen molar-refractivity contribution in [3.05, 3.63) is 82.1 Å². The molecule has 3 aromatic carbocycles. The van der Waals surface area contributed by atoms with E-state index in [1.807, 2.05) is 37.3 Å². The molecule has 1 aromatic heterocycles. The zero-order valence-electron chi connectivity index (χ0n) is 28.4. The summed E-state index contributed by atoms with van der Waals surface area (Å²) < 4.78 is 18.8. The van der Waals surface area contributed by atoms with Gasteiger partial charge in [0.1, 0.15) is 24.0 Å². The highest BCUT2D eigenvalue weighted by Gasteiger charge is 2.28. The number of carbonyl (C=O) groups excluding carboxylic acids is 3. The number of anilines is 1. The van der Waals surface area contributed by atoms with Crippen LogP contribution in [0.2, 0.25) is 0 Å². The smallest absolute Gasteiger partial charge is 0.260 e. The second-order valence-electron chi connectivity index (χ2n) is 12.5. The SMILES string of the molecule is COc1cc2c(N[C@H](C)c3cccc(Br)c3)nc(C)nc2cc1OCCN1CCN(C(=O)COc2cccc(C3CCC(=O)NC3=O)c2)CC1. The van der Waals surface area contributed by atoms with Crippen molar-refractivity contribution in [3.63, 3.8) is 0 Å². The van der Waals surface area contributed by atoms with Crippen molar-refractivity contribution in [2.45, 2.75) is 38.6 Å². The highest BCUT2D eigenvalue weighted by atomic mass is 79.9. The summed E-state index contributed by atoms with van der Waals surface area (Å²) in [6, 6.07) is 19.2. The molecule has 2 aliphatic rings. The normalized spacial score (nSPS) is 17.3. The van der Waals surface area contributed by atoms with E-state index in [0.29, 0.717) is 75.2 Å². The molecular weight excluding hydrogens is 704 g/mol. The largest absolute Gasteiger partial charge is 0.493 e. The number of nitrogens with zero attached hydrogens (tertiary/aromatic N) is 4. The monoisotopic (exact) mass is 744 g/mol. The van der Waals surface area contributed by atoms with E-state index in [9.17, 15) is 14.4 Å². The number of nitrogens with one attached hydrogen (secondary N) is 2. The van der Waals surface area contributed by atoms with Crippen molar-refractivity contribution in [2.24, 2.45) is 0 Å². The van der Waals surface area contributed by atoms with Crippen LogP contribution in [0.15, 0.2) is 65.1 Å². The molecule has 6 rings (SSSR count). The van der Waals surface area contributed by atoms with Gasteiger partial charge in [0.05, 0.1) is 24.6 Å². The molecule has 3 amide bonds. The number of aryl methyl sites for hydroxylation is 1. The maximum Gasteiger partial charge on any atom is 0.260 e. The Morgan fingerprint density at radius 1 is 1.02 bits per heavy atom. The Morgan fingerprint density at radius 3 is 2.58 bits per heavy atom. The van der Waals surface area contributed by atoms with Crippen LogP contribution >= 0.6 is 15.9 Å². The Labute approximate surface area is 299 Å². The Morgan fingerprint density at radius 2 is 1.82 bits per heavy atom. The lowest BCUT2D eigenvalue weighted by atomic mass is 9.90. The summed E-state index contributed by atoms with van der Waals surface area (Å²) in [7, 11) is 1.62. The van der Waals surface area contributed by atoms with E-state index in [1.165, 1.54) is 0 Å². The summed E-state index contributed by atoms with van der Waals surface area (Å²) in [6.45, 7) is 7.60. The number of amides is 3. The van der Waals surface area contributed by atoms with Gasteiger partial charge in [0.25, 0.3) is 5.91 Å². The molecule has 2 saturated heterocycles. The van der Waals surface area contributed by atoms with E-state index < -0.39 is 5.92 Å². The lowest BCUT2D eigenvalue weighted by Gasteiger charge is -2.34. The van der Waals surface area contributed by atoms with Gasteiger partial charge in [-0.1, -0.05) is 40.2 Å². The number of piperidine rings is 1. The molecule has 2 N–H and O–H groups in total. The Kier molecular flexibility index (Phi) is 11.1. The van der Waals surface area contributed by atoms with Crippen LogP contribution in [0.25, 0.3) is 10.9 Å². The third kappa shape index (κ3) is 8.51. The van der Waals surface area contributed by atoms with Crippen molar-refractivity contribution in [3.8, 4) is 17.2 Å². The number of carbonyl (C=O) groups is 3. The van der Waals surface area contributed by atoms with E-state index in [4.69, 9.17) is 19.2 Å². The molecule has 2 aliphatic heterocycles. The van der Waals surface area contributed by atoms with Gasteiger partial charge in [-0.05, 0) is 61.7 Å². The first-order valence-corrected chi connectivity index (χ1v) is 17.5. The molecule has 3 heterocycles. The van der Waals surface area contributed by atoms with Crippen LogP contribution in [-0.2, 0) is 14.4 Å². The molecule has 4 aromatic rings. The van der Waals surface area contributed by atoms with E-state index in [-0.39, 0.29) is 30.4 Å². The Balaban J connectivity index is 0.991. The van der Waals surface area contributed by atoms with Crippen molar-refractivity contribution in [1.82, 2.24) is 25.1 Å². The minimum absolute atomic E-state index is 0.0131. The molecule has 0 bridgehead atoms. The molecule has 50 heavy (non-hydrogen) atoms. The number of fused-ring (bicyclic) bond motifs is 1. The maximum atomic E-state index is 12.9. The van der Waals surface area contributed by atoms with Crippen LogP contribution in [0.4, 0.5) is 5.82 Å². The minimum Gasteiger partial charge on any atom is -0.493 e. The van der Waals surface area contributed by atoms with Gasteiger partial charge in [0.15, 0.2) is 18.1 Å². The second-order valence-corrected chi connectivity index (χ2v) is 13.4. The fourth-order valence-corrected chi connectivity index (χ4v) is 6.69. The topological polar surface area (TPSA) is 135 Å². The number of halogens is 1. The van der Waals surface area contributed by atoms with Gasteiger partial charge < -0.3 is 24.4 Å². The second kappa shape index (κ2) is 15.9. The quantitative estimate of drug-likeness (QED) is 0.191. The standard InChI is InChI=1S/C37H41BrN6O6/c1-23(25-6-4-8-27(38)18-25)39-36-30-20-32(48-3)33(21-31(30)40-24(2)41-36)49-17-16-43-12-14-44(15-13-43)35(46)22-50-28-9-5-7-26(19-28)29-10-11-34(45)42-37(29)47/h4-9,18-21,23,29H,10-17,22H2,1-3H3,(H,39,40,41)(H,42,45,47)/t23-,29?/m1/s1. The molecule has 2 atom stereocenters. The first kappa shape index (κ1) is 35.1. The molecule has 1 unspecified atom stereocenters. The summed E-state index contributed by atoms with van der Waals surface area (Å²) in [6.07, 6.45) is 0.761. The lowest BCUT2D eigenvalue weighted by Crippen LogP contribution is -2.50. The molecule has 0 aliphatic carbocycles. The first-order valence-electron chi connectivity index (χ1n) is 16.7. The maximum absolute atomic E-state index is 12.9. The fraction of sp³-hybridized carbons (Fsp3) is 0.378. The third-order valence-corrected chi connectivity index (χ3v) is 9.54. The average Bonchev–Trinajstić information content (AvgIpc) is 3.10. The van der Waals surface area contributed by atoms with Gasteiger partial charge in [-0.15, -0.1) is 0 Å². The van der Waals surface area contributed by atoms with E-state index >= 15 is 0 Å². The van der Waals surface area contributed by atoms with Crippen LogP contribution in [-0.4, -0.2) is 90.5 Å². The van der Waals surface area contributed by atoms with Gasteiger partial charge in [0, 0.05) is 55.1 Å². The van der Waals surface area contributed by atoms with Gasteiger partial charge in [-0.25, -0.2) is 9.97 Å². The number of hydrogen-bond donors (Lipinski definition) is 2. The molecule has 262 valence electrons. The highest BCUT2D eigenvalue weighted by Crippen LogP contribution is 2.35. The highest BCUT2D eigenvalue weighted by molar-refractivity contribution is 9.10. The average molecular weight is 746 g/mol. The number of imide groups is 1. The van der Waals surface area contributed by atoms with Crippen molar-refractivity contribution >= 4 is 50.4 Å². The number of methoxy groups -OCH3 is 1. The van der Waals surface area contributed by atoms with Crippen molar-refractivity contribution in [2.75, 3.05) is 58.4 Å². The van der Waals surface area contributed by atoms with Gasteiger partial charge >= 0.3 is 0 Å². The number of benzene rings is 3. The third-order valence-electron chi connectivity index (χ3n) is 9.05. The molecule has 13 heteroatoms. The number of aromatic nitrogens is 2. The number of hydrogen-bond acceptors (Lipinski definition) is 10. The zero-order chi connectivity index (χ0) is 35.2. The van der Waals surface area contributed by atoms with Crippen LogP contribution in [0.5, 0.6) is 17.2 Å². The van der Waals surface area contributed by atoms with Crippen LogP contribution in [0.3, 0.4) is 0 Å². The minimum atomic E-state index is -0.406. The summed E-state index contributed by atoms with van der Waals surface area (Å²) >= 11 is 3.55. The lowest BCUT2D eigenvalue weighted by molar-refractivity contribution is -0.136. The number of piperazine rings is 1. The van der Waals surface area contributed by atoms with E-state index in [2.05, 4.69) is 55.5 Å². The Bertz CT molecular complexity index is 1880. The molecule has 12 nitrogen and oxygen atoms in total. The summed E-state index contributed by atoms with van der Waals surface area (Å²) in [5, 5.41) is 6.76. The summed E-state index contributed by atoms with van der Waals surface area (Å²) in [5.74, 6) is 2.05. The summed E-state index contributed by atoms with van der Waals surface area (Å²) in [4.78, 5) is 50.2.